The third-order valence-electron chi connectivity index (χ3n) is 3.68. The molecular weight excluding hydrogens is 514 g/mol. The summed E-state index contributed by atoms with van der Waals surface area (Å²) in [5.41, 5.74) is 0. The Balaban J connectivity index is 4.81. The summed E-state index contributed by atoms with van der Waals surface area (Å²) in [6.45, 7) is -4.80. The van der Waals surface area contributed by atoms with Gasteiger partial charge in [0, 0.05) is 19.6 Å². The number of halogens is 4. The van der Waals surface area contributed by atoms with Crippen LogP contribution in [0.2, 0.25) is 0 Å². The SMILES string of the molecule is COC(=O)CCN(CCC(=O)OCC(F)(F)S(=O)(=O)O)CCC(=O)OCC(F)(F)S(=O)(=O)O. The van der Waals surface area contributed by atoms with Gasteiger partial charge in [-0.2, -0.15) is 34.4 Å². The van der Waals surface area contributed by atoms with Crippen LogP contribution in [0.25, 0.3) is 0 Å². The summed E-state index contributed by atoms with van der Waals surface area (Å²) >= 11 is 0. The largest absolute Gasteiger partial charge is 0.469 e. The number of esters is 3. The molecule has 0 fully saturated rings. The standard InChI is InChI=1S/C14H21F4NO12S2/c1-29-10(20)2-5-19(6-3-11(21)30-8-13(15,16)32(23,24)25)7-4-12(22)31-9-14(17,18)33(26,27)28/h2-9H2,1H3,(H,23,24,25)(H,26,27,28). The summed E-state index contributed by atoms with van der Waals surface area (Å²) in [4.78, 5) is 35.6. The minimum atomic E-state index is -5.82. The van der Waals surface area contributed by atoms with Crippen molar-refractivity contribution in [3.8, 4) is 0 Å². The van der Waals surface area contributed by atoms with Crippen LogP contribution in [0.4, 0.5) is 17.6 Å². The minimum absolute atomic E-state index is 0.171. The van der Waals surface area contributed by atoms with E-state index in [0.29, 0.717) is 0 Å². The van der Waals surface area contributed by atoms with Gasteiger partial charge in [-0.1, -0.05) is 0 Å². The quantitative estimate of drug-likeness (QED) is 0.120. The summed E-state index contributed by atoms with van der Waals surface area (Å²) in [6.07, 6.45) is -1.58. The highest BCUT2D eigenvalue weighted by molar-refractivity contribution is 7.87. The molecule has 0 heterocycles. The monoisotopic (exact) mass is 535 g/mol. The normalized spacial score (nSPS) is 13.0. The summed E-state index contributed by atoms with van der Waals surface area (Å²) in [5, 5.41) is -9.50. The first-order valence-corrected chi connectivity index (χ1v) is 11.5. The molecule has 0 aliphatic carbocycles. The second kappa shape index (κ2) is 12.4. The van der Waals surface area contributed by atoms with Crippen molar-refractivity contribution in [3.63, 3.8) is 0 Å². The second-order valence-electron chi connectivity index (χ2n) is 6.21. The minimum Gasteiger partial charge on any atom is -0.469 e. The van der Waals surface area contributed by atoms with E-state index in [1.54, 1.807) is 0 Å². The van der Waals surface area contributed by atoms with Crippen molar-refractivity contribution < 1.29 is 72.1 Å². The van der Waals surface area contributed by atoms with E-state index in [1.807, 2.05) is 0 Å². The molecule has 0 saturated carbocycles. The van der Waals surface area contributed by atoms with Gasteiger partial charge in [0.2, 0.25) is 0 Å². The van der Waals surface area contributed by atoms with Crippen molar-refractivity contribution in [3.05, 3.63) is 0 Å². The van der Waals surface area contributed by atoms with E-state index >= 15 is 0 Å². The van der Waals surface area contributed by atoms with Crippen LogP contribution in [-0.2, 0) is 48.8 Å². The summed E-state index contributed by atoms with van der Waals surface area (Å²) in [7, 11) is -10.6. The van der Waals surface area contributed by atoms with Gasteiger partial charge < -0.3 is 19.1 Å². The average Bonchev–Trinajstić information content (AvgIpc) is 2.68. The van der Waals surface area contributed by atoms with Gasteiger partial charge in [-0.25, -0.2) is 0 Å². The van der Waals surface area contributed by atoms with Gasteiger partial charge in [-0.15, -0.1) is 0 Å². The Labute approximate surface area is 185 Å². The molecular formula is C14H21F4NO12S2. The lowest BCUT2D eigenvalue weighted by molar-refractivity contribution is -0.150. The molecule has 0 aromatic rings. The number of ether oxygens (including phenoxy) is 3. The third kappa shape index (κ3) is 11.6. The Bertz CT molecular complexity index is 843. The van der Waals surface area contributed by atoms with Gasteiger partial charge in [0.25, 0.3) is 0 Å². The Kier molecular flexibility index (Phi) is 11.6. The highest BCUT2D eigenvalue weighted by Gasteiger charge is 2.46. The number of carbonyl (C=O) groups excluding carboxylic acids is 3. The van der Waals surface area contributed by atoms with E-state index in [4.69, 9.17) is 9.11 Å². The molecule has 0 bridgehead atoms. The van der Waals surface area contributed by atoms with Crippen molar-refractivity contribution in [1.29, 1.82) is 0 Å². The second-order valence-corrected chi connectivity index (χ2v) is 9.31. The fourth-order valence-corrected chi connectivity index (χ4v) is 2.22. The molecule has 194 valence electrons. The number of nitrogens with zero attached hydrogens (tertiary/aromatic N) is 1. The molecule has 0 rings (SSSR count). The number of carbonyl (C=O) groups is 3. The molecule has 0 amide bonds. The predicted octanol–water partition coefficient (Wildman–Crippen LogP) is -0.321. The number of methoxy groups -OCH3 is 1. The highest BCUT2D eigenvalue weighted by atomic mass is 32.2. The molecule has 0 spiro atoms. The Hall–Kier alpha value is -2.09. The highest BCUT2D eigenvalue weighted by Crippen LogP contribution is 2.21. The van der Waals surface area contributed by atoms with E-state index < -0.39 is 74.7 Å². The Morgan fingerprint density at radius 2 is 1.03 bits per heavy atom. The van der Waals surface area contributed by atoms with Crippen LogP contribution in [0, 0.1) is 0 Å². The maximum atomic E-state index is 13.0. The molecule has 13 nitrogen and oxygen atoms in total. The van der Waals surface area contributed by atoms with Crippen molar-refractivity contribution in [2.45, 2.75) is 29.8 Å². The topological polar surface area (TPSA) is 191 Å². The maximum Gasteiger partial charge on any atom is 0.402 e. The number of hydrogen-bond donors (Lipinski definition) is 2. The van der Waals surface area contributed by atoms with Gasteiger partial charge >= 0.3 is 48.7 Å². The van der Waals surface area contributed by atoms with Crippen molar-refractivity contribution >= 4 is 38.1 Å². The molecule has 19 heteroatoms. The van der Waals surface area contributed by atoms with Crippen molar-refractivity contribution in [1.82, 2.24) is 4.90 Å². The summed E-state index contributed by atoms with van der Waals surface area (Å²) in [6, 6.07) is 0. The zero-order chi connectivity index (χ0) is 26.1. The molecule has 2 N–H and O–H groups in total. The van der Waals surface area contributed by atoms with Crippen LogP contribution >= 0.6 is 0 Å². The molecule has 0 radical (unpaired) electrons. The number of hydrogen-bond acceptors (Lipinski definition) is 11. The molecule has 0 aromatic carbocycles. The van der Waals surface area contributed by atoms with Gasteiger partial charge in [0.15, 0.2) is 13.2 Å². The zero-order valence-electron chi connectivity index (χ0n) is 16.9. The van der Waals surface area contributed by atoms with E-state index in [9.17, 15) is 48.8 Å². The van der Waals surface area contributed by atoms with Crippen LogP contribution in [0.5, 0.6) is 0 Å². The Morgan fingerprint density at radius 1 is 0.727 bits per heavy atom. The average molecular weight is 535 g/mol. The predicted molar refractivity (Wildman–Crippen MR) is 97.2 cm³/mol. The lowest BCUT2D eigenvalue weighted by Gasteiger charge is -2.21. The van der Waals surface area contributed by atoms with E-state index in [2.05, 4.69) is 14.2 Å². The van der Waals surface area contributed by atoms with Gasteiger partial charge in [-0.3, -0.25) is 23.5 Å². The lowest BCUT2D eigenvalue weighted by atomic mass is 10.3. The molecule has 0 unspecified atom stereocenters. The van der Waals surface area contributed by atoms with Gasteiger partial charge in [0.1, 0.15) is 0 Å². The molecule has 0 aliphatic heterocycles. The third-order valence-corrected chi connectivity index (χ3v) is 5.43. The first kappa shape index (κ1) is 30.9. The van der Waals surface area contributed by atoms with E-state index in [0.717, 1.165) is 7.11 Å². The van der Waals surface area contributed by atoms with Crippen molar-refractivity contribution in [2.75, 3.05) is 40.0 Å². The lowest BCUT2D eigenvalue weighted by Crippen LogP contribution is -2.36. The van der Waals surface area contributed by atoms with Crippen LogP contribution in [-0.4, -0.2) is 99.2 Å². The zero-order valence-corrected chi connectivity index (χ0v) is 18.5. The van der Waals surface area contributed by atoms with Crippen molar-refractivity contribution in [2.24, 2.45) is 0 Å². The molecule has 33 heavy (non-hydrogen) atoms. The van der Waals surface area contributed by atoms with Crippen LogP contribution < -0.4 is 0 Å². The smallest absolute Gasteiger partial charge is 0.402 e. The van der Waals surface area contributed by atoms with E-state index in [-0.39, 0.29) is 26.1 Å². The molecule has 0 saturated heterocycles. The molecule has 0 aliphatic rings. The summed E-state index contributed by atoms with van der Waals surface area (Å²) in [5.74, 6) is -3.39. The fourth-order valence-electron chi connectivity index (χ4n) is 1.81. The number of rotatable bonds is 15. The molecule has 0 atom stereocenters. The van der Waals surface area contributed by atoms with E-state index in [1.165, 1.54) is 4.90 Å². The van der Waals surface area contributed by atoms with Crippen LogP contribution in [0.1, 0.15) is 19.3 Å². The maximum absolute atomic E-state index is 13.0. The van der Waals surface area contributed by atoms with Gasteiger partial charge in [-0.05, 0) is 0 Å². The first-order chi connectivity index (χ1) is 14.8. The Morgan fingerprint density at radius 3 is 1.30 bits per heavy atom. The van der Waals surface area contributed by atoms with Crippen LogP contribution in [0.15, 0.2) is 0 Å². The molecule has 0 aromatic heterocycles. The fraction of sp³-hybridized carbons (Fsp3) is 0.786. The summed E-state index contributed by atoms with van der Waals surface area (Å²) < 4.78 is 123. The number of alkyl halides is 4. The van der Waals surface area contributed by atoms with Crippen LogP contribution in [0.3, 0.4) is 0 Å². The first-order valence-electron chi connectivity index (χ1n) is 8.62. The van der Waals surface area contributed by atoms with Gasteiger partial charge in [0.05, 0.1) is 26.4 Å².